The maximum Gasteiger partial charge on any atom is 0.281 e. The largest absolute Gasteiger partial charge is 0.282 e. The first-order chi connectivity index (χ1) is 20.3. The summed E-state index contributed by atoms with van der Waals surface area (Å²) in [7, 11) is 0. The fraction of sp³-hybridized carbons (Fsp3) is 0. The average Bonchev–Trinajstić information content (AvgIpc) is 3.56. The number of aromatic nitrogens is 5. The van der Waals surface area contributed by atoms with Crippen LogP contribution in [0, 0.1) is 0 Å². The molecule has 6 nitrogen and oxygen atoms in total. The van der Waals surface area contributed by atoms with Gasteiger partial charge in [-0.2, -0.15) is 4.98 Å². The Morgan fingerprint density at radius 2 is 1.27 bits per heavy atom. The number of fused-ring (bicyclic) bond motifs is 10. The smallest absolute Gasteiger partial charge is 0.281 e. The summed E-state index contributed by atoms with van der Waals surface area (Å²) in [6.07, 6.45) is 0. The van der Waals surface area contributed by atoms with Gasteiger partial charge in [0.15, 0.2) is 4.96 Å². The summed E-state index contributed by atoms with van der Waals surface area (Å²) in [5.41, 5.74) is 6.40. The molecule has 0 spiro atoms. The summed E-state index contributed by atoms with van der Waals surface area (Å²) in [4.78, 5) is 28.4. The third-order valence-electron chi connectivity index (χ3n) is 7.80. The van der Waals surface area contributed by atoms with Crippen molar-refractivity contribution >= 4 is 70.1 Å². The molecule has 0 aliphatic carbocycles. The van der Waals surface area contributed by atoms with E-state index in [0.29, 0.717) is 16.3 Å². The minimum atomic E-state index is -0.214. The van der Waals surface area contributed by atoms with Crippen molar-refractivity contribution in [3.63, 3.8) is 0 Å². The van der Waals surface area contributed by atoms with E-state index in [4.69, 9.17) is 9.97 Å². The lowest BCUT2D eigenvalue weighted by Crippen LogP contribution is -2.09. The highest BCUT2D eigenvalue weighted by molar-refractivity contribution is 7.23. The minimum Gasteiger partial charge on any atom is -0.282 e. The van der Waals surface area contributed by atoms with E-state index in [1.807, 2.05) is 66.7 Å². The summed E-state index contributed by atoms with van der Waals surface area (Å²) >= 11 is 1.52. The molecule has 4 aromatic heterocycles. The lowest BCUT2D eigenvalue weighted by atomic mass is 10.1. The molecule has 0 radical (unpaired) electrons. The van der Waals surface area contributed by atoms with Gasteiger partial charge in [0.2, 0.25) is 5.95 Å². The number of thiazole rings is 1. The van der Waals surface area contributed by atoms with Crippen LogP contribution in [-0.4, -0.2) is 23.9 Å². The van der Waals surface area contributed by atoms with Crippen LogP contribution >= 0.6 is 11.3 Å². The quantitative estimate of drug-likeness (QED) is 0.223. The Kier molecular flexibility index (Phi) is 4.54. The minimum absolute atomic E-state index is 0.214. The second-order valence-electron chi connectivity index (χ2n) is 10.1. The van der Waals surface area contributed by atoms with Crippen molar-refractivity contribution in [3.05, 3.63) is 126 Å². The van der Waals surface area contributed by atoms with Gasteiger partial charge in [0.1, 0.15) is 0 Å². The molecular weight excluding hydrogens is 526 g/mol. The van der Waals surface area contributed by atoms with Gasteiger partial charge in [-0.05, 0) is 30.3 Å². The molecule has 0 fully saturated rings. The van der Waals surface area contributed by atoms with Crippen molar-refractivity contribution in [1.82, 2.24) is 23.9 Å². The van der Waals surface area contributed by atoms with Gasteiger partial charge in [-0.15, -0.1) is 0 Å². The lowest BCUT2D eigenvalue weighted by Gasteiger charge is -2.12. The van der Waals surface area contributed by atoms with Crippen LogP contribution in [0.2, 0.25) is 0 Å². The second kappa shape index (κ2) is 8.30. The highest BCUT2D eigenvalue weighted by Gasteiger charge is 2.22. The first kappa shape index (κ1) is 22.4. The number of rotatable bonds is 2. The summed E-state index contributed by atoms with van der Waals surface area (Å²) in [6.45, 7) is 0. The maximum absolute atomic E-state index is 12.9. The average molecular weight is 546 g/mol. The summed E-state index contributed by atoms with van der Waals surface area (Å²) in [6, 6.07) is 38.7. The molecule has 192 valence electrons. The van der Waals surface area contributed by atoms with Gasteiger partial charge in [0.25, 0.3) is 5.56 Å². The van der Waals surface area contributed by atoms with Crippen molar-refractivity contribution in [1.29, 1.82) is 0 Å². The molecule has 0 unspecified atom stereocenters. The summed E-state index contributed by atoms with van der Waals surface area (Å²) in [5.74, 6) is 0.596. The standard InChI is InChI=1S/C34H19N5OS/c40-32-24-14-6-9-17-27(24)39-31-28(41-34(39)37-32)19-18-22-21-12-5-8-16-26(21)38(30(22)31)33-35-25-15-7-4-13-23(25)29(36-33)20-10-2-1-3-11-20/h1-19H. The fourth-order valence-electron chi connectivity index (χ4n) is 6.04. The van der Waals surface area contributed by atoms with Gasteiger partial charge < -0.3 is 0 Å². The van der Waals surface area contributed by atoms with Crippen LogP contribution < -0.4 is 5.56 Å². The zero-order valence-corrected chi connectivity index (χ0v) is 22.3. The SMILES string of the molecule is O=c1nc2sc3ccc4c5ccccc5n(-c5nc(-c6ccccc6)c6ccccc6n5)c4c3n2c2ccccc12. The van der Waals surface area contributed by atoms with E-state index >= 15 is 0 Å². The normalized spacial score (nSPS) is 12.0. The van der Waals surface area contributed by atoms with Gasteiger partial charge in [-0.25, -0.2) is 9.97 Å². The van der Waals surface area contributed by atoms with E-state index in [-0.39, 0.29) is 5.56 Å². The molecule has 9 aromatic rings. The molecule has 0 amide bonds. The molecule has 0 bridgehead atoms. The number of hydrogen-bond acceptors (Lipinski definition) is 5. The predicted molar refractivity (Wildman–Crippen MR) is 167 cm³/mol. The van der Waals surface area contributed by atoms with Crippen molar-refractivity contribution < 1.29 is 0 Å². The maximum atomic E-state index is 12.9. The molecule has 5 aromatic carbocycles. The third-order valence-corrected chi connectivity index (χ3v) is 8.81. The Morgan fingerprint density at radius 3 is 2.12 bits per heavy atom. The van der Waals surface area contributed by atoms with Crippen LogP contribution in [0.15, 0.2) is 120 Å². The molecule has 0 aliphatic heterocycles. The third kappa shape index (κ3) is 3.12. The molecule has 0 saturated heterocycles. The zero-order chi connectivity index (χ0) is 27.1. The highest BCUT2D eigenvalue weighted by Crippen LogP contribution is 2.40. The second-order valence-corrected chi connectivity index (χ2v) is 11.1. The van der Waals surface area contributed by atoms with Crippen molar-refractivity contribution in [3.8, 4) is 17.2 Å². The molecule has 0 atom stereocenters. The number of nitrogens with zero attached hydrogens (tertiary/aromatic N) is 5. The zero-order valence-electron chi connectivity index (χ0n) is 21.5. The molecule has 9 rings (SSSR count). The van der Waals surface area contributed by atoms with Gasteiger partial charge >= 0.3 is 0 Å². The first-order valence-corrected chi connectivity index (χ1v) is 14.2. The Bertz CT molecular complexity index is 2560. The van der Waals surface area contributed by atoms with E-state index in [9.17, 15) is 4.79 Å². The first-order valence-electron chi connectivity index (χ1n) is 13.3. The predicted octanol–water partition coefficient (Wildman–Crippen LogP) is 7.77. The van der Waals surface area contributed by atoms with Crippen molar-refractivity contribution in [2.45, 2.75) is 0 Å². The Morgan fingerprint density at radius 1 is 0.561 bits per heavy atom. The molecule has 7 heteroatoms. The Labute approximate surface area is 236 Å². The molecule has 41 heavy (non-hydrogen) atoms. The van der Waals surface area contributed by atoms with E-state index in [1.54, 1.807) is 0 Å². The monoisotopic (exact) mass is 545 g/mol. The van der Waals surface area contributed by atoms with E-state index in [0.717, 1.165) is 59.7 Å². The lowest BCUT2D eigenvalue weighted by molar-refractivity contribution is 1.01. The van der Waals surface area contributed by atoms with Crippen molar-refractivity contribution in [2.24, 2.45) is 0 Å². The van der Waals surface area contributed by atoms with E-state index in [2.05, 4.69) is 62.5 Å². The van der Waals surface area contributed by atoms with Crippen molar-refractivity contribution in [2.75, 3.05) is 0 Å². The van der Waals surface area contributed by atoms with Gasteiger partial charge in [-0.1, -0.05) is 96.3 Å². The number of para-hydroxylation sites is 3. The molecule has 4 heterocycles. The Hall–Kier alpha value is -5.40. The highest BCUT2D eigenvalue weighted by atomic mass is 32.1. The van der Waals surface area contributed by atoms with Crippen LogP contribution in [0.5, 0.6) is 0 Å². The van der Waals surface area contributed by atoms with E-state index < -0.39 is 0 Å². The summed E-state index contributed by atoms with van der Waals surface area (Å²) in [5, 5.41) is 3.80. The van der Waals surface area contributed by atoms with E-state index in [1.165, 1.54) is 11.3 Å². The van der Waals surface area contributed by atoms with Crippen LogP contribution in [0.4, 0.5) is 0 Å². The fourth-order valence-corrected chi connectivity index (χ4v) is 7.07. The van der Waals surface area contributed by atoms with Gasteiger partial charge in [-0.3, -0.25) is 13.8 Å². The summed E-state index contributed by atoms with van der Waals surface area (Å²) < 4.78 is 5.33. The van der Waals surface area contributed by atoms with Gasteiger partial charge in [0.05, 0.1) is 43.4 Å². The Balaban J connectivity index is 1.52. The van der Waals surface area contributed by atoms with Crippen LogP contribution in [-0.2, 0) is 0 Å². The number of benzene rings is 5. The molecular formula is C34H19N5OS. The topological polar surface area (TPSA) is 65.1 Å². The molecule has 0 N–H and O–H groups in total. The van der Waals surface area contributed by atoms with Gasteiger partial charge in [0, 0.05) is 21.7 Å². The molecule has 0 aliphatic rings. The number of hydrogen-bond donors (Lipinski definition) is 0. The van der Waals surface area contributed by atoms with Crippen LogP contribution in [0.3, 0.4) is 0 Å². The van der Waals surface area contributed by atoms with Crippen LogP contribution in [0.1, 0.15) is 0 Å². The molecule has 0 saturated carbocycles. The van der Waals surface area contributed by atoms with Crippen LogP contribution in [0.25, 0.3) is 76.0 Å².